The summed E-state index contributed by atoms with van der Waals surface area (Å²) < 4.78 is 2.05. The molecule has 172 valence electrons. The number of aromatic amines is 1. The Morgan fingerprint density at radius 1 is 1.42 bits per heavy atom. The van der Waals surface area contributed by atoms with Crippen LogP contribution in [0.2, 0.25) is 0 Å². The summed E-state index contributed by atoms with van der Waals surface area (Å²) in [6.45, 7) is 4.31. The number of carbonyl (C=O) groups excluding carboxylic acids is 1. The summed E-state index contributed by atoms with van der Waals surface area (Å²) in [6, 6.07) is 3.85. The summed E-state index contributed by atoms with van der Waals surface area (Å²) in [5, 5.41) is 16.9. The molecule has 0 radical (unpaired) electrons. The first-order valence-electron chi connectivity index (χ1n) is 10.9. The Bertz CT molecular complexity index is 1420. The number of fused-ring (bicyclic) bond motifs is 2. The lowest BCUT2D eigenvalue weighted by molar-refractivity contribution is -0.0778. The van der Waals surface area contributed by atoms with E-state index in [0.717, 1.165) is 36.9 Å². The number of nitrogens with one attached hydrogen (secondary N) is 1. The first kappa shape index (κ1) is 21.7. The number of aromatic nitrogens is 4. The minimum Gasteiger partial charge on any atom is -0.389 e. The highest BCUT2D eigenvalue weighted by Crippen LogP contribution is 2.35. The van der Waals surface area contributed by atoms with Crippen LogP contribution in [-0.4, -0.2) is 55.1 Å². The van der Waals surface area contributed by atoms with Gasteiger partial charge in [-0.2, -0.15) is 5.10 Å². The molecule has 0 spiro atoms. The average molecular weight is 468 g/mol. The highest BCUT2D eigenvalue weighted by atomic mass is 32.1. The number of nitrogens with zero attached hydrogens (tertiary/aromatic N) is 4. The van der Waals surface area contributed by atoms with Gasteiger partial charge in [-0.1, -0.05) is 13.8 Å². The minimum atomic E-state index is -0.747. The van der Waals surface area contributed by atoms with Crippen molar-refractivity contribution in [2.24, 2.45) is 13.0 Å². The van der Waals surface area contributed by atoms with Crippen LogP contribution in [0.4, 0.5) is 0 Å². The molecule has 2 N–H and O–H groups in total. The molecule has 33 heavy (non-hydrogen) atoms. The van der Waals surface area contributed by atoms with Crippen molar-refractivity contribution in [3.05, 3.63) is 56.6 Å². The van der Waals surface area contributed by atoms with Gasteiger partial charge in [-0.3, -0.25) is 14.4 Å². The topological polar surface area (TPSA) is 113 Å². The number of aryl methyl sites for hydroxylation is 1. The van der Waals surface area contributed by atoms with Crippen LogP contribution < -0.4 is 5.56 Å². The number of aliphatic hydroxyl groups excluding tert-OH is 1. The van der Waals surface area contributed by atoms with Gasteiger partial charge in [0.2, 0.25) is 0 Å². The second kappa shape index (κ2) is 8.36. The third-order valence-electron chi connectivity index (χ3n) is 5.75. The number of hydrogen-bond donors (Lipinski definition) is 2. The van der Waals surface area contributed by atoms with Crippen molar-refractivity contribution in [2.75, 3.05) is 13.2 Å². The van der Waals surface area contributed by atoms with Crippen molar-refractivity contribution in [3.63, 3.8) is 0 Å². The maximum Gasteiger partial charge on any atom is 0.279 e. The Balaban J connectivity index is 1.72. The van der Waals surface area contributed by atoms with Crippen LogP contribution >= 0.6 is 11.3 Å². The zero-order chi connectivity index (χ0) is 23.3. The number of amides is 1. The number of thiophene rings is 1. The molecule has 5 heterocycles. The van der Waals surface area contributed by atoms with Crippen LogP contribution in [0, 0.1) is 5.92 Å². The van der Waals surface area contributed by atoms with Gasteiger partial charge < -0.3 is 10.1 Å². The van der Waals surface area contributed by atoms with Crippen molar-refractivity contribution in [2.45, 2.75) is 32.8 Å². The number of β-amino-alcohol motifs (C(OH)–C–C–N with tert-alkyl or cyclic N) is 1. The number of aliphatic hydroxyl groups is 1. The van der Waals surface area contributed by atoms with Gasteiger partial charge in [0, 0.05) is 36.1 Å². The van der Waals surface area contributed by atoms with E-state index < -0.39 is 12.0 Å². The Labute approximate surface area is 193 Å². The van der Waals surface area contributed by atoms with Crippen LogP contribution in [0.3, 0.4) is 0 Å². The largest absolute Gasteiger partial charge is 0.389 e. The lowest BCUT2D eigenvalue weighted by atomic mass is 10.0. The Morgan fingerprint density at radius 2 is 2.24 bits per heavy atom. The van der Waals surface area contributed by atoms with E-state index in [9.17, 15) is 14.7 Å². The summed E-state index contributed by atoms with van der Waals surface area (Å²) in [4.78, 5) is 40.5. The molecular weight excluding hydrogens is 442 g/mol. The van der Waals surface area contributed by atoms with E-state index in [-0.39, 0.29) is 18.7 Å². The number of H-pyrrole nitrogens is 1. The monoisotopic (exact) mass is 467 g/mol. The summed E-state index contributed by atoms with van der Waals surface area (Å²) in [5.74, 6) is -0.0794. The molecule has 1 aliphatic heterocycles. The molecule has 4 aromatic rings. The van der Waals surface area contributed by atoms with Crippen molar-refractivity contribution in [3.8, 4) is 0 Å². The van der Waals surface area contributed by atoms with Gasteiger partial charge in [-0.25, -0.2) is 14.7 Å². The first-order chi connectivity index (χ1) is 15.8. The lowest BCUT2D eigenvalue weighted by Crippen LogP contribution is -2.30. The van der Waals surface area contributed by atoms with E-state index in [2.05, 4.69) is 28.9 Å². The summed E-state index contributed by atoms with van der Waals surface area (Å²) in [5.41, 5.74) is 2.57. The molecule has 1 saturated heterocycles. The van der Waals surface area contributed by atoms with Gasteiger partial charge in [0.05, 0.1) is 27.9 Å². The van der Waals surface area contributed by atoms with Crippen molar-refractivity contribution in [1.29, 1.82) is 0 Å². The molecule has 0 saturated carbocycles. The fourth-order valence-corrected chi connectivity index (χ4v) is 5.56. The second-order valence-electron chi connectivity index (χ2n) is 8.78. The lowest BCUT2D eigenvalue weighted by Gasteiger charge is -2.15. The maximum atomic E-state index is 13.6. The van der Waals surface area contributed by atoms with Gasteiger partial charge >= 0.3 is 0 Å². The molecule has 1 atom stereocenters. The van der Waals surface area contributed by atoms with Crippen LogP contribution in [0.15, 0.2) is 29.3 Å². The van der Waals surface area contributed by atoms with E-state index in [0.29, 0.717) is 29.7 Å². The fourth-order valence-electron chi connectivity index (χ4n) is 4.26. The quantitative estimate of drug-likeness (QED) is 0.466. The highest BCUT2D eigenvalue weighted by Gasteiger charge is 2.33. The van der Waals surface area contributed by atoms with E-state index in [1.165, 1.54) is 16.0 Å². The molecule has 1 aliphatic rings. The van der Waals surface area contributed by atoms with Gasteiger partial charge in [0.1, 0.15) is 18.4 Å². The molecule has 4 aromatic heterocycles. The van der Waals surface area contributed by atoms with Gasteiger partial charge in [0.25, 0.3) is 11.5 Å². The molecular formula is C23H25N5O4S. The Kier molecular flexibility index (Phi) is 5.51. The number of hydrogen-bond acceptors (Lipinski definition) is 7. The maximum absolute atomic E-state index is 13.6. The van der Waals surface area contributed by atoms with Crippen molar-refractivity contribution in [1.82, 2.24) is 24.8 Å². The van der Waals surface area contributed by atoms with Gasteiger partial charge in [-0.15, -0.1) is 11.3 Å². The molecule has 5 rings (SSSR count). The van der Waals surface area contributed by atoms with E-state index in [1.54, 1.807) is 13.2 Å². The summed E-state index contributed by atoms with van der Waals surface area (Å²) >= 11 is 1.43. The van der Waals surface area contributed by atoms with Crippen LogP contribution in [-0.2, 0) is 24.7 Å². The predicted molar refractivity (Wildman–Crippen MR) is 125 cm³/mol. The Morgan fingerprint density at radius 3 is 2.97 bits per heavy atom. The number of carbonyl (C=O) groups is 1. The molecule has 1 amide bonds. The predicted octanol–water partition coefficient (Wildman–Crippen LogP) is 2.41. The standard InChI is InChI=1S/C23H25N5O4S/c1-12(2)7-16-20-19(22(30)27(3)26-16)18(23(31)28-10-14(29)11-32-28)17(33-20)8-13-9-25-21-15(13)5-4-6-24-21/h4-6,9,12,14,29H,7-8,10-11H2,1-3H3,(H,24,25). The molecule has 9 nitrogen and oxygen atoms in total. The molecule has 1 unspecified atom stereocenters. The molecule has 10 heteroatoms. The van der Waals surface area contributed by atoms with Gasteiger partial charge in [-0.05, 0) is 30.0 Å². The molecule has 0 bridgehead atoms. The second-order valence-corrected chi connectivity index (χ2v) is 9.89. The Hall–Kier alpha value is -3.08. The fraction of sp³-hybridized carbons (Fsp3) is 0.391. The SMILES string of the molecule is CC(C)Cc1nn(C)c(=O)c2c(C(=O)N3CC(O)CO3)c(Cc3c[nH]c4ncccc34)sc12. The summed E-state index contributed by atoms with van der Waals surface area (Å²) in [7, 11) is 1.61. The minimum absolute atomic E-state index is 0.0510. The average Bonchev–Trinajstić information content (AvgIpc) is 3.49. The number of rotatable bonds is 5. The van der Waals surface area contributed by atoms with E-state index in [4.69, 9.17) is 4.84 Å². The highest BCUT2D eigenvalue weighted by molar-refractivity contribution is 7.19. The number of pyridine rings is 1. The first-order valence-corrected chi connectivity index (χ1v) is 11.7. The number of hydroxylamine groups is 2. The van der Waals surface area contributed by atoms with Crippen LogP contribution in [0.25, 0.3) is 21.1 Å². The third-order valence-corrected chi connectivity index (χ3v) is 6.99. The molecule has 0 aromatic carbocycles. The van der Waals surface area contributed by atoms with E-state index >= 15 is 0 Å². The molecule has 1 fully saturated rings. The zero-order valence-electron chi connectivity index (χ0n) is 18.7. The smallest absolute Gasteiger partial charge is 0.279 e. The zero-order valence-corrected chi connectivity index (χ0v) is 19.5. The third kappa shape index (κ3) is 3.84. The van der Waals surface area contributed by atoms with Gasteiger partial charge in [0.15, 0.2) is 0 Å². The van der Waals surface area contributed by atoms with Crippen LogP contribution in [0.5, 0.6) is 0 Å². The normalized spacial score (nSPS) is 16.5. The molecule has 0 aliphatic carbocycles. The summed E-state index contributed by atoms with van der Waals surface area (Å²) in [6.07, 6.45) is 4.00. The van der Waals surface area contributed by atoms with E-state index in [1.807, 2.05) is 18.3 Å². The van der Waals surface area contributed by atoms with Crippen molar-refractivity contribution < 1.29 is 14.7 Å². The van der Waals surface area contributed by atoms with Crippen LogP contribution in [0.1, 0.15) is 40.3 Å². The van der Waals surface area contributed by atoms with Crippen molar-refractivity contribution >= 4 is 38.4 Å².